The minimum Gasteiger partial charge on any atom is -0.293 e. The number of carbonyl (C=O) groups is 1. The molecule has 0 spiro atoms. The Morgan fingerprint density at radius 3 is 2.69 bits per heavy atom. The minimum atomic E-state index is 0.122. The molecule has 13 heavy (non-hydrogen) atoms. The van der Waals surface area contributed by atoms with Crippen LogP contribution in [0.25, 0.3) is 0 Å². The average molecular weight is 418 g/mol. The molecule has 70 valence electrons. The SMILES string of the molecule is Cc1c(I)cc(Br)cc1C(=O)CBr. The number of Topliss-reactive ketones (excluding diaryl/α,β-unsaturated/α-hetero) is 1. The third kappa shape index (κ3) is 2.76. The standard InChI is InChI=1S/C9H7Br2IO/c1-5-7(9(13)4-10)2-6(11)3-8(5)12/h2-3H,4H2,1H3. The maximum Gasteiger partial charge on any atom is 0.173 e. The van der Waals surface area contributed by atoms with Gasteiger partial charge in [0.25, 0.3) is 0 Å². The molecule has 0 fully saturated rings. The Hall–Kier alpha value is 0.580. The molecule has 0 heterocycles. The Bertz CT molecular complexity index is 350. The molecule has 1 aromatic carbocycles. The summed E-state index contributed by atoms with van der Waals surface area (Å²) in [7, 11) is 0. The van der Waals surface area contributed by atoms with E-state index in [1.807, 2.05) is 19.1 Å². The van der Waals surface area contributed by atoms with Crippen molar-refractivity contribution in [1.82, 2.24) is 0 Å². The summed E-state index contributed by atoms with van der Waals surface area (Å²) in [5.41, 5.74) is 1.84. The lowest BCUT2D eigenvalue weighted by Gasteiger charge is -2.05. The molecule has 0 aliphatic heterocycles. The summed E-state index contributed by atoms with van der Waals surface area (Å²) >= 11 is 8.77. The smallest absolute Gasteiger partial charge is 0.173 e. The number of alkyl halides is 1. The highest BCUT2D eigenvalue weighted by Crippen LogP contribution is 2.23. The lowest BCUT2D eigenvalue weighted by Crippen LogP contribution is -2.04. The van der Waals surface area contributed by atoms with Gasteiger partial charge in [0.2, 0.25) is 0 Å². The van der Waals surface area contributed by atoms with Gasteiger partial charge in [0.1, 0.15) is 0 Å². The molecule has 1 aromatic rings. The Morgan fingerprint density at radius 2 is 2.15 bits per heavy atom. The molecule has 1 rings (SSSR count). The van der Waals surface area contributed by atoms with E-state index in [1.165, 1.54) is 0 Å². The number of hydrogen-bond acceptors (Lipinski definition) is 1. The second-order valence-corrected chi connectivity index (χ2v) is 5.26. The van der Waals surface area contributed by atoms with Gasteiger partial charge in [-0.1, -0.05) is 31.9 Å². The first kappa shape index (κ1) is 11.7. The molecule has 0 bridgehead atoms. The highest BCUT2D eigenvalue weighted by Gasteiger charge is 2.10. The first-order valence-electron chi connectivity index (χ1n) is 3.61. The lowest BCUT2D eigenvalue weighted by atomic mass is 10.1. The van der Waals surface area contributed by atoms with Crippen molar-refractivity contribution in [2.75, 3.05) is 5.33 Å². The zero-order chi connectivity index (χ0) is 10.0. The fourth-order valence-corrected chi connectivity index (χ4v) is 2.82. The number of benzene rings is 1. The number of carbonyl (C=O) groups excluding carboxylic acids is 1. The molecule has 0 N–H and O–H groups in total. The van der Waals surface area contributed by atoms with Gasteiger partial charge in [-0.05, 0) is 47.2 Å². The van der Waals surface area contributed by atoms with Crippen molar-refractivity contribution in [2.45, 2.75) is 6.92 Å². The van der Waals surface area contributed by atoms with Gasteiger partial charge in [-0.15, -0.1) is 0 Å². The molecular formula is C9H7Br2IO. The Balaban J connectivity index is 3.28. The van der Waals surface area contributed by atoms with Crippen LogP contribution in [0.15, 0.2) is 16.6 Å². The largest absolute Gasteiger partial charge is 0.293 e. The molecule has 0 saturated carbocycles. The highest BCUT2D eigenvalue weighted by molar-refractivity contribution is 14.1. The van der Waals surface area contributed by atoms with Crippen LogP contribution in [0, 0.1) is 10.5 Å². The van der Waals surface area contributed by atoms with Crippen LogP contribution in [0.4, 0.5) is 0 Å². The molecule has 0 aliphatic rings. The van der Waals surface area contributed by atoms with Gasteiger partial charge in [-0.25, -0.2) is 0 Å². The van der Waals surface area contributed by atoms with Gasteiger partial charge in [0.15, 0.2) is 5.78 Å². The molecular weight excluding hydrogens is 411 g/mol. The van der Waals surface area contributed by atoms with Crippen LogP contribution in [0.1, 0.15) is 15.9 Å². The van der Waals surface area contributed by atoms with Crippen LogP contribution in [0.3, 0.4) is 0 Å². The topological polar surface area (TPSA) is 17.1 Å². The van der Waals surface area contributed by atoms with Crippen LogP contribution in [-0.2, 0) is 0 Å². The van der Waals surface area contributed by atoms with Crippen LogP contribution in [0.5, 0.6) is 0 Å². The second-order valence-electron chi connectivity index (χ2n) is 2.62. The summed E-state index contributed by atoms with van der Waals surface area (Å²) in [6, 6.07) is 3.86. The minimum absolute atomic E-state index is 0.122. The van der Waals surface area contributed by atoms with Crippen molar-refractivity contribution in [3.05, 3.63) is 31.3 Å². The molecule has 0 unspecified atom stereocenters. The van der Waals surface area contributed by atoms with Crippen molar-refractivity contribution in [2.24, 2.45) is 0 Å². The fraction of sp³-hybridized carbons (Fsp3) is 0.222. The van der Waals surface area contributed by atoms with Crippen LogP contribution in [-0.4, -0.2) is 11.1 Å². The van der Waals surface area contributed by atoms with Crippen molar-refractivity contribution in [3.8, 4) is 0 Å². The van der Waals surface area contributed by atoms with E-state index in [-0.39, 0.29) is 5.78 Å². The van der Waals surface area contributed by atoms with Crippen molar-refractivity contribution in [3.63, 3.8) is 0 Å². The van der Waals surface area contributed by atoms with Crippen molar-refractivity contribution >= 4 is 60.2 Å². The van der Waals surface area contributed by atoms with Gasteiger partial charge in [-0.2, -0.15) is 0 Å². The highest BCUT2D eigenvalue weighted by atomic mass is 127. The van der Waals surface area contributed by atoms with Crippen LogP contribution < -0.4 is 0 Å². The zero-order valence-corrected chi connectivity index (χ0v) is 12.2. The normalized spacial score (nSPS) is 10.2. The fourth-order valence-electron chi connectivity index (χ4n) is 1.01. The van der Waals surface area contributed by atoms with Crippen molar-refractivity contribution < 1.29 is 4.79 Å². The number of hydrogen-bond donors (Lipinski definition) is 0. The molecule has 4 heteroatoms. The maximum absolute atomic E-state index is 11.5. The molecule has 0 atom stereocenters. The number of ketones is 1. The summed E-state index contributed by atoms with van der Waals surface area (Å²) in [4.78, 5) is 11.5. The first-order chi connectivity index (χ1) is 6.06. The summed E-state index contributed by atoms with van der Waals surface area (Å²) in [6.45, 7) is 1.96. The maximum atomic E-state index is 11.5. The Kier molecular flexibility index (Phi) is 4.38. The number of halogens is 3. The van der Waals surface area contributed by atoms with E-state index in [0.29, 0.717) is 5.33 Å². The van der Waals surface area contributed by atoms with E-state index in [0.717, 1.165) is 19.2 Å². The molecule has 0 saturated heterocycles. The van der Waals surface area contributed by atoms with Crippen LogP contribution >= 0.6 is 54.5 Å². The number of rotatable bonds is 2. The van der Waals surface area contributed by atoms with Crippen molar-refractivity contribution in [1.29, 1.82) is 0 Å². The van der Waals surface area contributed by atoms with Crippen LogP contribution in [0.2, 0.25) is 0 Å². The summed E-state index contributed by atoms with van der Waals surface area (Å²) in [5.74, 6) is 0.122. The Morgan fingerprint density at radius 1 is 1.54 bits per heavy atom. The molecule has 0 aliphatic carbocycles. The molecule has 0 aromatic heterocycles. The summed E-state index contributed by atoms with van der Waals surface area (Å²) < 4.78 is 2.06. The predicted octanol–water partition coefficient (Wildman–Crippen LogP) is 3.94. The predicted molar refractivity (Wildman–Crippen MR) is 69.7 cm³/mol. The van der Waals surface area contributed by atoms with Gasteiger partial charge in [0, 0.05) is 13.6 Å². The second kappa shape index (κ2) is 4.89. The summed E-state index contributed by atoms with van der Waals surface area (Å²) in [6.07, 6.45) is 0. The zero-order valence-electron chi connectivity index (χ0n) is 6.90. The third-order valence-electron chi connectivity index (χ3n) is 1.73. The summed E-state index contributed by atoms with van der Waals surface area (Å²) in [5, 5.41) is 0.375. The van der Waals surface area contributed by atoms with E-state index in [9.17, 15) is 4.79 Å². The quantitative estimate of drug-likeness (QED) is 0.405. The Labute approximate surface area is 108 Å². The average Bonchev–Trinajstić information content (AvgIpc) is 2.10. The van der Waals surface area contributed by atoms with Gasteiger partial charge < -0.3 is 0 Å². The van der Waals surface area contributed by atoms with Gasteiger partial charge in [-0.3, -0.25) is 4.79 Å². The van der Waals surface area contributed by atoms with E-state index < -0.39 is 0 Å². The van der Waals surface area contributed by atoms with E-state index in [1.54, 1.807) is 0 Å². The van der Waals surface area contributed by atoms with E-state index >= 15 is 0 Å². The van der Waals surface area contributed by atoms with Gasteiger partial charge in [0.05, 0.1) is 5.33 Å². The van der Waals surface area contributed by atoms with E-state index in [4.69, 9.17) is 0 Å². The lowest BCUT2D eigenvalue weighted by molar-refractivity contribution is 0.102. The third-order valence-corrected chi connectivity index (χ3v) is 3.82. The molecule has 1 nitrogen and oxygen atoms in total. The monoisotopic (exact) mass is 416 g/mol. The first-order valence-corrected chi connectivity index (χ1v) is 6.60. The van der Waals surface area contributed by atoms with Gasteiger partial charge >= 0.3 is 0 Å². The molecule has 0 radical (unpaired) electrons. The van der Waals surface area contributed by atoms with E-state index in [2.05, 4.69) is 54.5 Å². The molecule has 0 amide bonds.